The highest BCUT2D eigenvalue weighted by molar-refractivity contribution is 5.72. The lowest BCUT2D eigenvalue weighted by atomic mass is 10.00. The van der Waals surface area contributed by atoms with Crippen LogP contribution < -0.4 is 10.1 Å². The fourth-order valence-electron chi connectivity index (χ4n) is 2.48. The van der Waals surface area contributed by atoms with E-state index in [1.165, 1.54) is 12.1 Å². The Bertz CT molecular complexity index is 701. The van der Waals surface area contributed by atoms with Crippen molar-refractivity contribution < 1.29 is 9.66 Å². The van der Waals surface area contributed by atoms with E-state index in [4.69, 9.17) is 4.74 Å². The number of para-hydroxylation sites is 1. The molecule has 0 saturated carbocycles. The maximum absolute atomic E-state index is 11.1. The van der Waals surface area contributed by atoms with Crippen molar-refractivity contribution in [1.82, 2.24) is 4.98 Å². The Kier molecular flexibility index (Phi) is 3.43. The van der Waals surface area contributed by atoms with Crippen LogP contribution in [0, 0.1) is 10.1 Å². The molecule has 6 heteroatoms. The van der Waals surface area contributed by atoms with Crippen LogP contribution in [0.3, 0.4) is 0 Å². The third kappa shape index (κ3) is 2.52. The molecule has 0 amide bonds. The van der Waals surface area contributed by atoms with Gasteiger partial charge in [-0.3, -0.25) is 10.1 Å². The maximum atomic E-state index is 11.1. The Morgan fingerprint density at radius 3 is 3.00 bits per heavy atom. The third-order valence-electron chi connectivity index (χ3n) is 3.49. The summed E-state index contributed by atoms with van der Waals surface area (Å²) in [6, 6.07) is 8.74. The van der Waals surface area contributed by atoms with Crippen LogP contribution in [-0.4, -0.2) is 23.6 Å². The second-order valence-electron chi connectivity index (χ2n) is 4.85. The van der Waals surface area contributed by atoms with Gasteiger partial charge in [0.05, 0.1) is 23.3 Å². The second-order valence-corrected chi connectivity index (χ2v) is 4.85. The molecule has 108 valence electrons. The molecule has 0 bridgehead atoms. The van der Waals surface area contributed by atoms with Gasteiger partial charge >= 0.3 is 0 Å². The summed E-state index contributed by atoms with van der Waals surface area (Å²) in [6.45, 7) is 0.665. The summed E-state index contributed by atoms with van der Waals surface area (Å²) < 4.78 is 5.75. The van der Waals surface area contributed by atoms with E-state index in [9.17, 15) is 10.1 Å². The van der Waals surface area contributed by atoms with Crippen molar-refractivity contribution in [3.05, 3.63) is 46.0 Å². The lowest BCUT2D eigenvalue weighted by Crippen LogP contribution is -2.09. The Morgan fingerprint density at radius 2 is 2.24 bits per heavy atom. The van der Waals surface area contributed by atoms with Crippen LogP contribution in [0.5, 0.6) is 5.75 Å². The first kappa shape index (κ1) is 13.4. The van der Waals surface area contributed by atoms with Gasteiger partial charge in [0.15, 0.2) is 0 Å². The number of aromatic nitrogens is 1. The first-order chi connectivity index (χ1) is 10.2. The molecule has 2 heterocycles. The number of anilines is 1. The molecular formula is C15H15N3O3. The van der Waals surface area contributed by atoms with E-state index < -0.39 is 4.92 Å². The number of hydrogen-bond donors (Lipinski definition) is 1. The van der Waals surface area contributed by atoms with Gasteiger partial charge in [-0.05, 0) is 24.5 Å². The number of rotatable bonds is 3. The lowest BCUT2D eigenvalue weighted by molar-refractivity contribution is -0.384. The van der Waals surface area contributed by atoms with Gasteiger partial charge in [-0.15, -0.1) is 0 Å². The van der Waals surface area contributed by atoms with Crippen LogP contribution in [0.25, 0.3) is 11.3 Å². The number of aryl methyl sites for hydroxylation is 1. The molecule has 0 fully saturated rings. The fraction of sp³-hybridized carbons (Fsp3) is 0.267. The van der Waals surface area contributed by atoms with E-state index >= 15 is 0 Å². The number of nitrogens with zero attached hydrogens (tertiary/aromatic N) is 2. The summed E-state index contributed by atoms with van der Waals surface area (Å²) in [4.78, 5) is 15.1. The third-order valence-corrected chi connectivity index (χ3v) is 3.49. The van der Waals surface area contributed by atoms with Crippen molar-refractivity contribution >= 4 is 11.5 Å². The molecule has 1 N–H and O–H groups in total. The normalized spacial score (nSPS) is 13.2. The number of pyridine rings is 1. The summed E-state index contributed by atoms with van der Waals surface area (Å²) >= 11 is 0. The highest BCUT2D eigenvalue weighted by atomic mass is 16.6. The number of nitro groups is 1. The largest absolute Gasteiger partial charge is 0.493 e. The van der Waals surface area contributed by atoms with E-state index in [0.717, 1.165) is 29.7 Å². The Balaban J connectivity index is 2.16. The van der Waals surface area contributed by atoms with Crippen molar-refractivity contribution in [1.29, 1.82) is 0 Å². The average molecular weight is 285 g/mol. The van der Waals surface area contributed by atoms with Gasteiger partial charge in [0, 0.05) is 18.7 Å². The lowest BCUT2D eigenvalue weighted by Gasteiger charge is -2.20. The quantitative estimate of drug-likeness (QED) is 0.692. The molecule has 6 nitrogen and oxygen atoms in total. The fourth-order valence-corrected chi connectivity index (χ4v) is 2.48. The minimum atomic E-state index is -0.414. The summed E-state index contributed by atoms with van der Waals surface area (Å²) in [6.07, 6.45) is 1.94. The predicted octanol–water partition coefficient (Wildman–Crippen LogP) is 3.02. The average Bonchev–Trinajstić information content (AvgIpc) is 2.53. The van der Waals surface area contributed by atoms with Crippen LogP contribution in [0.4, 0.5) is 11.5 Å². The first-order valence-corrected chi connectivity index (χ1v) is 6.78. The van der Waals surface area contributed by atoms with Crippen LogP contribution >= 0.6 is 0 Å². The standard InChI is InChI=1S/C15H15N3O3/c1-16-14-9-11(18(19)20)8-13(17-14)12-6-2-4-10-5-3-7-21-15(10)12/h2,4,6,8-9H,3,5,7H2,1H3,(H,16,17). The molecule has 1 aliphatic heterocycles. The van der Waals surface area contributed by atoms with E-state index in [2.05, 4.69) is 10.3 Å². The Labute approximate surface area is 121 Å². The van der Waals surface area contributed by atoms with Crippen molar-refractivity contribution in [2.24, 2.45) is 0 Å². The zero-order valence-corrected chi connectivity index (χ0v) is 11.6. The number of fused-ring (bicyclic) bond motifs is 1. The first-order valence-electron chi connectivity index (χ1n) is 6.78. The Morgan fingerprint density at radius 1 is 1.38 bits per heavy atom. The van der Waals surface area contributed by atoms with Gasteiger partial charge in [-0.1, -0.05) is 12.1 Å². The van der Waals surface area contributed by atoms with Crippen molar-refractivity contribution in [2.45, 2.75) is 12.8 Å². The number of ether oxygens (including phenoxy) is 1. The van der Waals surface area contributed by atoms with Crippen LogP contribution in [0.2, 0.25) is 0 Å². The van der Waals surface area contributed by atoms with Gasteiger partial charge in [-0.25, -0.2) is 4.98 Å². The van der Waals surface area contributed by atoms with Gasteiger partial charge in [-0.2, -0.15) is 0 Å². The van der Waals surface area contributed by atoms with Gasteiger partial charge in [0.25, 0.3) is 5.69 Å². The molecule has 0 spiro atoms. The predicted molar refractivity (Wildman–Crippen MR) is 79.7 cm³/mol. The van der Waals surface area contributed by atoms with Gasteiger partial charge in [0.1, 0.15) is 11.6 Å². The number of benzene rings is 1. The molecule has 0 radical (unpaired) electrons. The monoisotopic (exact) mass is 285 g/mol. The molecular weight excluding hydrogens is 270 g/mol. The summed E-state index contributed by atoms with van der Waals surface area (Å²) in [5.74, 6) is 1.26. The maximum Gasteiger partial charge on any atom is 0.275 e. The molecule has 0 atom stereocenters. The molecule has 2 aromatic rings. The van der Waals surface area contributed by atoms with E-state index in [1.54, 1.807) is 7.05 Å². The smallest absolute Gasteiger partial charge is 0.275 e. The minimum Gasteiger partial charge on any atom is -0.493 e. The summed E-state index contributed by atoms with van der Waals surface area (Å²) in [5.41, 5.74) is 2.48. The highest BCUT2D eigenvalue weighted by Gasteiger charge is 2.19. The molecule has 0 aliphatic carbocycles. The molecule has 3 rings (SSSR count). The highest BCUT2D eigenvalue weighted by Crippen LogP contribution is 2.37. The zero-order valence-electron chi connectivity index (χ0n) is 11.6. The van der Waals surface area contributed by atoms with Crippen molar-refractivity contribution in [2.75, 3.05) is 19.0 Å². The molecule has 1 aromatic carbocycles. The SMILES string of the molecule is CNc1cc([N+](=O)[O-])cc(-c2cccc3c2OCCC3)n1. The van der Waals surface area contributed by atoms with Crippen LogP contribution in [0.15, 0.2) is 30.3 Å². The molecule has 0 unspecified atom stereocenters. The van der Waals surface area contributed by atoms with Gasteiger partial charge < -0.3 is 10.1 Å². The topological polar surface area (TPSA) is 77.3 Å². The number of nitrogens with one attached hydrogen (secondary N) is 1. The van der Waals surface area contributed by atoms with E-state index in [-0.39, 0.29) is 5.69 Å². The van der Waals surface area contributed by atoms with Crippen LogP contribution in [-0.2, 0) is 6.42 Å². The Hall–Kier alpha value is -2.63. The summed E-state index contributed by atoms with van der Waals surface area (Å²) in [5, 5.41) is 13.9. The molecule has 1 aliphatic rings. The molecule has 21 heavy (non-hydrogen) atoms. The summed E-state index contributed by atoms with van der Waals surface area (Å²) in [7, 11) is 1.69. The minimum absolute atomic E-state index is 0.0118. The zero-order chi connectivity index (χ0) is 14.8. The molecule has 1 aromatic heterocycles. The number of hydrogen-bond acceptors (Lipinski definition) is 5. The van der Waals surface area contributed by atoms with Gasteiger partial charge in [0.2, 0.25) is 0 Å². The van der Waals surface area contributed by atoms with Crippen molar-refractivity contribution in [3.8, 4) is 17.0 Å². The van der Waals surface area contributed by atoms with Crippen LogP contribution in [0.1, 0.15) is 12.0 Å². The molecule has 0 saturated heterocycles. The van der Waals surface area contributed by atoms with E-state index in [0.29, 0.717) is 18.1 Å². The van der Waals surface area contributed by atoms with E-state index in [1.807, 2.05) is 18.2 Å². The van der Waals surface area contributed by atoms with Crippen molar-refractivity contribution in [3.63, 3.8) is 0 Å². The second kappa shape index (κ2) is 5.40.